The van der Waals surface area contributed by atoms with Crippen LogP contribution in [-0.2, 0) is 9.53 Å². The maximum Gasteiger partial charge on any atom is 0.323 e. The molecule has 1 unspecified atom stereocenters. The molecule has 0 N–H and O–H groups in total. The molecule has 1 saturated heterocycles. The van der Waals surface area contributed by atoms with Crippen molar-refractivity contribution in [3.8, 4) is 0 Å². The van der Waals surface area contributed by atoms with Gasteiger partial charge in [-0.1, -0.05) is 27.7 Å². The lowest BCUT2D eigenvalue weighted by Gasteiger charge is -2.53. The molecular formula is C15H27NO2. The fourth-order valence-electron chi connectivity index (χ4n) is 4.26. The van der Waals surface area contributed by atoms with E-state index in [1.54, 1.807) is 0 Å². The molecule has 18 heavy (non-hydrogen) atoms. The molecule has 0 bridgehead atoms. The standard InChI is InChI=1S/C15H27NO2/c1-14(2)8-11(9-15(3,4)10-14)16-7-6-12(16)13(17)18-5/h11-12H,6-10H2,1-5H3. The smallest absolute Gasteiger partial charge is 0.323 e. The maximum atomic E-state index is 11.7. The van der Waals surface area contributed by atoms with Crippen LogP contribution in [0.5, 0.6) is 0 Å². The van der Waals surface area contributed by atoms with Crippen molar-refractivity contribution in [3.05, 3.63) is 0 Å². The summed E-state index contributed by atoms with van der Waals surface area (Å²) < 4.78 is 4.90. The number of hydrogen-bond donors (Lipinski definition) is 0. The predicted molar refractivity (Wildman–Crippen MR) is 72.3 cm³/mol. The van der Waals surface area contributed by atoms with E-state index >= 15 is 0 Å². The number of carbonyl (C=O) groups is 1. The summed E-state index contributed by atoms with van der Waals surface area (Å²) in [6, 6.07) is 0.561. The second-order valence-corrected chi connectivity index (χ2v) is 7.63. The van der Waals surface area contributed by atoms with Gasteiger partial charge in [-0.25, -0.2) is 0 Å². The number of carbonyl (C=O) groups excluding carboxylic acids is 1. The third-order valence-corrected chi connectivity index (χ3v) is 4.54. The first-order valence-electron chi connectivity index (χ1n) is 7.08. The Morgan fingerprint density at radius 2 is 1.72 bits per heavy atom. The molecule has 0 aromatic rings. The Labute approximate surface area is 111 Å². The van der Waals surface area contributed by atoms with Crippen molar-refractivity contribution in [1.29, 1.82) is 0 Å². The van der Waals surface area contributed by atoms with Crippen LogP contribution in [0.1, 0.15) is 53.4 Å². The summed E-state index contributed by atoms with van der Waals surface area (Å²) in [5.74, 6) is -0.0533. The Bertz CT molecular complexity index is 319. The average molecular weight is 253 g/mol. The molecule has 2 aliphatic rings. The molecule has 1 atom stereocenters. The quantitative estimate of drug-likeness (QED) is 0.709. The number of likely N-dealkylation sites (tertiary alicyclic amines) is 1. The minimum Gasteiger partial charge on any atom is -0.468 e. The Morgan fingerprint density at radius 1 is 1.17 bits per heavy atom. The molecule has 0 amide bonds. The number of methoxy groups -OCH3 is 1. The zero-order valence-corrected chi connectivity index (χ0v) is 12.5. The van der Waals surface area contributed by atoms with E-state index < -0.39 is 0 Å². The fourth-order valence-corrected chi connectivity index (χ4v) is 4.26. The van der Waals surface area contributed by atoms with Gasteiger partial charge in [0.15, 0.2) is 0 Å². The van der Waals surface area contributed by atoms with Crippen LogP contribution < -0.4 is 0 Å². The lowest BCUT2D eigenvalue weighted by molar-refractivity contribution is -0.156. The zero-order valence-electron chi connectivity index (χ0n) is 12.5. The van der Waals surface area contributed by atoms with E-state index in [0.717, 1.165) is 13.0 Å². The third kappa shape index (κ3) is 2.71. The fraction of sp³-hybridized carbons (Fsp3) is 0.933. The molecule has 1 saturated carbocycles. The van der Waals surface area contributed by atoms with Crippen molar-refractivity contribution in [2.24, 2.45) is 10.8 Å². The minimum absolute atomic E-state index is 0.0182. The van der Waals surface area contributed by atoms with Gasteiger partial charge in [0.2, 0.25) is 0 Å². The molecular weight excluding hydrogens is 226 g/mol. The molecule has 0 aromatic heterocycles. The van der Waals surface area contributed by atoms with Gasteiger partial charge in [-0.15, -0.1) is 0 Å². The van der Waals surface area contributed by atoms with Gasteiger partial charge < -0.3 is 4.74 Å². The molecule has 2 rings (SSSR count). The largest absolute Gasteiger partial charge is 0.468 e. The van der Waals surface area contributed by atoms with Gasteiger partial charge in [-0.05, 0) is 36.5 Å². The van der Waals surface area contributed by atoms with Gasteiger partial charge in [0.25, 0.3) is 0 Å². The van der Waals surface area contributed by atoms with Crippen LogP contribution in [0, 0.1) is 10.8 Å². The van der Waals surface area contributed by atoms with Crippen molar-refractivity contribution < 1.29 is 9.53 Å². The number of hydrogen-bond acceptors (Lipinski definition) is 3. The number of rotatable bonds is 2. The van der Waals surface area contributed by atoms with Gasteiger partial charge >= 0.3 is 5.97 Å². The summed E-state index contributed by atoms with van der Waals surface area (Å²) in [7, 11) is 1.49. The molecule has 3 nitrogen and oxygen atoms in total. The number of ether oxygens (including phenoxy) is 1. The van der Waals surface area contributed by atoms with E-state index in [0.29, 0.717) is 16.9 Å². The summed E-state index contributed by atoms with van der Waals surface area (Å²) >= 11 is 0. The van der Waals surface area contributed by atoms with Crippen molar-refractivity contribution in [1.82, 2.24) is 4.90 Å². The molecule has 1 heterocycles. The Morgan fingerprint density at radius 3 is 2.11 bits per heavy atom. The Hall–Kier alpha value is -0.570. The van der Waals surface area contributed by atoms with E-state index in [4.69, 9.17) is 4.74 Å². The molecule has 1 aliphatic carbocycles. The van der Waals surface area contributed by atoms with Gasteiger partial charge in [-0.3, -0.25) is 9.69 Å². The second-order valence-electron chi connectivity index (χ2n) is 7.63. The highest BCUT2D eigenvalue weighted by atomic mass is 16.5. The van der Waals surface area contributed by atoms with Crippen molar-refractivity contribution in [3.63, 3.8) is 0 Å². The van der Waals surface area contributed by atoms with Crippen molar-refractivity contribution in [2.45, 2.75) is 65.5 Å². The van der Waals surface area contributed by atoms with E-state index in [1.807, 2.05) is 0 Å². The normalized spacial score (nSPS) is 31.7. The first kappa shape index (κ1) is 13.9. The lowest BCUT2D eigenvalue weighted by Crippen LogP contribution is -2.60. The van der Waals surface area contributed by atoms with Crippen LogP contribution >= 0.6 is 0 Å². The highest BCUT2D eigenvalue weighted by Crippen LogP contribution is 2.48. The van der Waals surface area contributed by atoms with Crippen LogP contribution in [0.25, 0.3) is 0 Å². The van der Waals surface area contributed by atoms with Crippen LogP contribution in [0.4, 0.5) is 0 Å². The van der Waals surface area contributed by atoms with Gasteiger partial charge in [0.05, 0.1) is 7.11 Å². The minimum atomic E-state index is -0.0533. The van der Waals surface area contributed by atoms with Crippen LogP contribution in [0.2, 0.25) is 0 Å². The zero-order chi connectivity index (χ0) is 13.6. The molecule has 0 aromatic carbocycles. The highest BCUT2D eigenvalue weighted by Gasteiger charge is 2.46. The van der Waals surface area contributed by atoms with Gasteiger partial charge in [0.1, 0.15) is 6.04 Å². The monoisotopic (exact) mass is 253 g/mol. The predicted octanol–water partition coefficient (Wildman–Crippen LogP) is 2.84. The molecule has 1 aliphatic heterocycles. The van der Waals surface area contributed by atoms with E-state index in [2.05, 4.69) is 32.6 Å². The summed E-state index contributed by atoms with van der Waals surface area (Å²) in [6.45, 7) is 10.5. The average Bonchev–Trinajstić information content (AvgIpc) is 2.10. The van der Waals surface area contributed by atoms with Crippen LogP contribution in [0.3, 0.4) is 0 Å². The van der Waals surface area contributed by atoms with E-state index in [9.17, 15) is 4.79 Å². The highest BCUT2D eigenvalue weighted by molar-refractivity contribution is 5.76. The van der Waals surface area contributed by atoms with Gasteiger partial charge in [0, 0.05) is 12.6 Å². The summed E-state index contributed by atoms with van der Waals surface area (Å²) in [6.07, 6.45) is 4.63. The van der Waals surface area contributed by atoms with Crippen LogP contribution in [0.15, 0.2) is 0 Å². The Balaban J connectivity index is 2.07. The van der Waals surface area contributed by atoms with Crippen molar-refractivity contribution in [2.75, 3.05) is 13.7 Å². The number of nitrogens with zero attached hydrogens (tertiary/aromatic N) is 1. The molecule has 0 radical (unpaired) electrons. The topological polar surface area (TPSA) is 29.5 Å². The first-order chi connectivity index (χ1) is 8.24. The maximum absolute atomic E-state index is 11.7. The second kappa shape index (κ2) is 4.52. The molecule has 104 valence electrons. The summed E-state index contributed by atoms with van der Waals surface area (Å²) in [5, 5.41) is 0. The van der Waals surface area contributed by atoms with Crippen molar-refractivity contribution >= 4 is 5.97 Å². The van der Waals surface area contributed by atoms with E-state index in [-0.39, 0.29) is 12.0 Å². The first-order valence-corrected chi connectivity index (χ1v) is 7.08. The molecule has 3 heteroatoms. The Kier molecular flexibility index (Phi) is 3.48. The van der Waals surface area contributed by atoms with E-state index in [1.165, 1.54) is 26.4 Å². The number of esters is 1. The summed E-state index contributed by atoms with van der Waals surface area (Å²) in [4.78, 5) is 14.1. The molecule has 2 fully saturated rings. The summed E-state index contributed by atoms with van der Waals surface area (Å²) in [5.41, 5.74) is 0.755. The third-order valence-electron chi connectivity index (χ3n) is 4.54. The lowest BCUT2D eigenvalue weighted by atomic mass is 9.63. The SMILES string of the molecule is COC(=O)C1CCN1C1CC(C)(C)CC(C)(C)C1. The molecule has 0 spiro atoms. The van der Waals surface area contributed by atoms with Crippen LogP contribution in [-0.4, -0.2) is 36.6 Å². The van der Waals surface area contributed by atoms with Gasteiger partial charge in [-0.2, -0.15) is 0 Å².